The van der Waals surface area contributed by atoms with E-state index in [2.05, 4.69) is 10.9 Å². The average Bonchev–Trinajstić information content (AvgIpc) is 2.69. The van der Waals surface area contributed by atoms with E-state index in [-0.39, 0.29) is 4.90 Å². The highest BCUT2D eigenvalue weighted by Crippen LogP contribution is 2.22. The molecule has 2 aromatic rings. The standard InChI is InChI=1S/C13H14N2O2S3/c1-3-8-19-9-7-15-10-5-4-6-11(20(2,16)17)12(10)14-13(15)18/h1,4-6H,7-9H2,2H3,(H,14,18). The third-order valence-corrected chi connectivity index (χ3v) is 5.12. The number of nitrogens with one attached hydrogen (secondary N) is 1. The van der Waals surface area contributed by atoms with Gasteiger partial charge in [0.1, 0.15) is 0 Å². The van der Waals surface area contributed by atoms with Crippen LogP contribution in [0.1, 0.15) is 0 Å². The van der Waals surface area contributed by atoms with Gasteiger partial charge >= 0.3 is 0 Å². The lowest BCUT2D eigenvalue weighted by Crippen LogP contribution is -2.01. The normalized spacial score (nSPS) is 11.6. The van der Waals surface area contributed by atoms with E-state index in [0.29, 0.717) is 22.6 Å². The first-order valence-electron chi connectivity index (χ1n) is 5.88. The minimum atomic E-state index is -3.28. The van der Waals surface area contributed by atoms with Crippen molar-refractivity contribution in [1.29, 1.82) is 0 Å². The zero-order chi connectivity index (χ0) is 14.8. The van der Waals surface area contributed by atoms with Crippen LogP contribution in [0.15, 0.2) is 23.1 Å². The van der Waals surface area contributed by atoms with E-state index < -0.39 is 9.84 Å². The summed E-state index contributed by atoms with van der Waals surface area (Å²) < 4.78 is 26.0. The van der Waals surface area contributed by atoms with Crippen molar-refractivity contribution >= 4 is 44.9 Å². The van der Waals surface area contributed by atoms with Gasteiger partial charge in [0.25, 0.3) is 0 Å². The fourth-order valence-electron chi connectivity index (χ4n) is 1.97. The zero-order valence-electron chi connectivity index (χ0n) is 10.9. The molecular formula is C13H14N2O2S3. The Balaban J connectivity index is 2.46. The highest BCUT2D eigenvalue weighted by atomic mass is 32.2. The average molecular weight is 326 g/mol. The van der Waals surface area contributed by atoms with Crippen molar-refractivity contribution in [2.45, 2.75) is 11.4 Å². The molecule has 0 spiro atoms. The number of aromatic amines is 1. The van der Waals surface area contributed by atoms with Crippen LogP contribution in [0.25, 0.3) is 11.0 Å². The topological polar surface area (TPSA) is 54.9 Å². The molecule has 0 unspecified atom stereocenters. The molecular weight excluding hydrogens is 312 g/mol. The predicted octanol–water partition coefficient (Wildman–Crippen LogP) is 2.47. The van der Waals surface area contributed by atoms with Crippen LogP contribution in [-0.2, 0) is 16.4 Å². The Morgan fingerprint density at radius 2 is 2.25 bits per heavy atom. The second-order valence-corrected chi connectivity index (χ2v) is 7.74. The van der Waals surface area contributed by atoms with Gasteiger partial charge < -0.3 is 9.55 Å². The molecule has 2 rings (SSSR count). The Kier molecular flexibility index (Phi) is 4.58. The minimum Gasteiger partial charge on any atom is -0.329 e. The van der Waals surface area contributed by atoms with E-state index >= 15 is 0 Å². The second kappa shape index (κ2) is 6.04. The van der Waals surface area contributed by atoms with E-state index in [1.54, 1.807) is 23.9 Å². The predicted molar refractivity (Wildman–Crippen MR) is 86.4 cm³/mol. The Labute approximate surface area is 127 Å². The van der Waals surface area contributed by atoms with Crippen LogP contribution < -0.4 is 0 Å². The summed E-state index contributed by atoms with van der Waals surface area (Å²) in [7, 11) is -3.28. The first kappa shape index (κ1) is 15.2. The van der Waals surface area contributed by atoms with Crippen molar-refractivity contribution in [3.8, 4) is 12.3 Å². The Morgan fingerprint density at radius 1 is 1.50 bits per heavy atom. The molecule has 0 saturated carbocycles. The quantitative estimate of drug-likeness (QED) is 0.521. The number of nitrogens with zero attached hydrogens (tertiary/aromatic N) is 1. The molecule has 7 heteroatoms. The lowest BCUT2D eigenvalue weighted by atomic mass is 10.3. The molecule has 0 fully saturated rings. The number of hydrogen-bond donors (Lipinski definition) is 1. The highest BCUT2D eigenvalue weighted by Gasteiger charge is 2.15. The molecule has 1 heterocycles. The lowest BCUT2D eigenvalue weighted by Gasteiger charge is -2.04. The van der Waals surface area contributed by atoms with Gasteiger partial charge in [0.2, 0.25) is 0 Å². The molecule has 1 N–H and O–H groups in total. The van der Waals surface area contributed by atoms with Gasteiger partial charge in [-0.15, -0.1) is 18.2 Å². The summed E-state index contributed by atoms with van der Waals surface area (Å²) in [5.74, 6) is 4.05. The van der Waals surface area contributed by atoms with Crippen molar-refractivity contribution < 1.29 is 8.42 Å². The van der Waals surface area contributed by atoms with Crippen molar-refractivity contribution in [3.05, 3.63) is 23.0 Å². The van der Waals surface area contributed by atoms with Gasteiger partial charge in [0.15, 0.2) is 14.6 Å². The molecule has 0 aliphatic rings. The molecule has 0 radical (unpaired) electrons. The number of hydrogen-bond acceptors (Lipinski definition) is 4. The molecule has 4 nitrogen and oxygen atoms in total. The number of thioether (sulfide) groups is 1. The smallest absolute Gasteiger partial charge is 0.178 e. The minimum absolute atomic E-state index is 0.274. The number of sulfone groups is 1. The van der Waals surface area contributed by atoms with Crippen LogP contribution in [0.4, 0.5) is 0 Å². The molecule has 0 atom stereocenters. The van der Waals surface area contributed by atoms with Gasteiger partial charge in [-0.1, -0.05) is 12.0 Å². The maximum Gasteiger partial charge on any atom is 0.178 e. The maximum atomic E-state index is 11.8. The second-order valence-electron chi connectivity index (χ2n) is 4.26. The van der Waals surface area contributed by atoms with Crippen LogP contribution in [0.3, 0.4) is 0 Å². The fourth-order valence-corrected chi connectivity index (χ4v) is 3.69. The first-order chi connectivity index (χ1) is 9.45. The van der Waals surface area contributed by atoms with Crippen molar-refractivity contribution in [2.24, 2.45) is 0 Å². The summed E-state index contributed by atoms with van der Waals surface area (Å²) in [4.78, 5) is 3.27. The van der Waals surface area contributed by atoms with E-state index in [4.69, 9.17) is 18.6 Å². The van der Waals surface area contributed by atoms with Gasteiger partial charge in [-0.2, -0.15) is 0 Å². The number of aromatic nitrogens is 2. The van der Waals surface area contributed by atoms with Gasteiger partial charge in [-0.05, 0) is 24.4 Å². The summed E-state index contributed by atoms with van der Waals surface area (Å²) in [6.07, 6.45) is 6.40. The number of aryl methyl sites for hydroxylation is 1. The summed E-state index contributed by atoms with van der Waals surface area (Å²) in [5.41, 5.74) is 1.38. The fraction of sp³-hybridized carbons (Fsp3) is 0.308. The summed E-state index contributed by atoms with van der Waals surface area (Å²) in [6.45, 7) is 0.693. The van der Waals surface area contributed by atoms with Crippen LogP contribution >= 0.6 is 24.0 Å². The summed E-state index contributed by atoms with van der Waals surface area (Å²) in [5, 5.41) is 0. The monoisotopic (exact) mass is 326 g/mol. The number of rotatable bonds is 5. The van der Waals surface area contributed by atoms with Gasteiger partial charge in [-0.3, -0.25) is 0 Å². The van der Waals surface area contributed by atoms with Crippen LogP contribution in [0.5, 0.6) is 0 Å². The lowest BCUT2D eigenvalue weighted by molar-refractivity contribution is 0.602. The number of para-hydroxylation sites is 1. The number of fused-ring (bicyclic) bond motifs is 1. The van der Waals surface area contributed by atoms with Crippen LogP contribution in [-0.4, -0.2) is 35.7 Å². The molecule has 0 aliphatic heterocycles. The number of terminal acetylenes is 1. The first-order valence-corrected chi connectivity index (χ1v) is 9.33. The SMILES string of the molecule is C#CCSCCn1c(=S)[nH]c2c(S(C)(=O)=O)cccc21. The Bertz CT molecular complexity index is 825. The molecule has 20 heavy (non-hydrogen) atoms. The van der Waals surface area contributed by atoms with E-state index in [1.807, 2.05) is 10.6 Å². The zero-order valence-corrected chi connectivity index (χ0v) is 13.4. The molecule has 1 aromatic heterocycles. The van der Waals surface area contributed by atoms with Crippen molar-refractivity contribution in [2.75, 3.05) is 17.8 Å². The summed E-state index contributed by atoms with van der Waals surface area (Å²) >= 11 is 6.92. The van der Waals surface area contributed by atoms with Crippen molar-refractivity contribution in [1.82, 2.24) is 9.55 Å². The number of benzene rings is 1. The molecule has 0 aliphatic carbocycles. The highest BCUT2D eigenvalue weighted by molar-refractivity contribution is 7.99. The van der Waals surface area contributed by atoms with E-state index in [9.17, 15) is 8.42 Å². The largest absolute Gasteiger partial charge is 0.329 e. The van der Waals surface area contributed by atoms with E-state index in [1.165, 1.54) is 6.26 Å². The van der Waals surface area contributed by atoms with Crippen LogP contribution in [0.2, 0.25) is 0 Å². The maximum absolute atomic E-state index is 11.8. The Morgan fingerprint density at radius 3 is 2.90 bits per heavy atom. The molecule has 1 aromatic carbocycles. The molecule has 0 bridgehead atoms. The van der Waals surface area contributed by atoms with Gasteiger partial charge in [-0.25, -0.2) is 8.42 Å². The third kappa shape index (κ3) is 3.08. The molecule has 0 saturated heterocycles. The van der Waals surface area contributed by atoms with Crippen molar-refractivity contribution in [3.63, 3.8) is 0 Å². The van der Waals surface area contributed by atoms with Crippen LogP contribution in [0, 0.1) is 17.1 Å². The number of imidazole rings is 1. The summed E-state index contributed by atoms with van der Waals surface area (Å²) in [6, 6.07) is 5.18. The molecule has 0 amide bonds. The van der Waals surface area contributed by atoms with Gasteiger partial charge in [0.05, 0.1) is 21.7 Å². The van der Waals surface area contributed by atoms with Gasteiger partial charge in [0, 0.05) is 18.6 Å². The third-order valence-electron chi connectivity index (χ3n) is 2.82. The number of H-pyrrole nitrogens is 1. The van der Waals surface area contributed by atoms with E-state index in [0.717, 1.165) is 11.3 Å². The molecule has 106 valence electrons. The Hall–Kier alpha value is -1.23.